The first-order chi connectivity index (χ1) is 6.93. The quantitative estimate of drug-likeness (QED) is 0.796. The van der Waals surface area contributed by atoms with Gasteiger partial charge in [0.25, 0.3) is 0 Å². The van der Waals surface area contributed by atoms with E-state index >= 15 is 0 Å². The summed E-state index contributed by atoms with van der Waals surface area (Å²) in [6.07, 6.45) is -6.59. The summed E-state index contributed by atoms with van der Waals surface area (Å²) in [5.74, 6) is -0.608. The fraction of sp³-hybridized carbons (Fsp3) is 0.333. The van der Waals surface area contributed by atoms with Crippen LogP contribution in [0, 0.1) is 5.82 Å². The highest BCUT2D eigenvalue weighted by Gasteiger charge is 2.40. The first-order valence-corrected chi connectivity index (χ1v) is 4.12. The van der Waals surface area contributed by atoms with Gasteiger partial charge in [-0.2, -0.15) is 13.2 Å². The van der Waals surface area contributed by atoms with Crippen molar-refractivity contribution in [1.82, 2.24) is 0 Å². The number of rotatable bonds is 3. The molecule has 0 aliphatic rings. The van der Waals surface area contributed by atoms with Crippen LogP contribution in [0.15, 0.2) is 24.3 Å². The molecule has 0 aliphatic heterocycles. The molecule has 0 spiro atoms. The van der Waals surface area contributed by atoms with Gasteiger partial charge in [-0.05, 0) is 24.3 Å². The third-order valence-corrected chi connectivity index (χ3v) is 1.67. The topological polar surface area (TPSA) is 35.2 Å². The van der Waals surface area contributed by atoms with E-state index in [4.69, 9.17) is 5.73 Å². The Morgan fingerprint density at radius 3 is 2.13 bits per heavy atom. The minimum absolute atomic E-state index is 0.0656. The monoisotopic (exact) mass is 223 g/mol. The van der Waals surface area contributed by atoms with E-state index in [0.717, 1.165) is 24.3 Å². The molecule has 0 fully saturated rings. The molecule has 1 unspecified atom stereocenters. The predicted molar refractivity (Wildman–Crippen MR) is 45.9 cm³/mol. The summed E-state index contributed by atoms with van der Waals surface area (Å²) in [6, 6.07) is 4.26. The average molecular weight is 223 g/mol. The lowest BCUT2D eigenvalue weighted by Crippen LogP contribution is -2.40. The zero-order chi connectivity index (χ0) is 11.5. The number of hydrogen-bond acceptors (Lipinski definition) is 2. The van der Waals surface area contributed by atoms with Crippen molar-refractivity contribution in [2.75, 3.05) is 6.54 Å². The lowest BCUT2D eigenvalue weighted by atomic mass is 10.3. The fourth-order valence-corrected chi connectivity index (χ4v) is 0.926. The van der Waals surface area contributed by atoms with Crippen LogP contribution in [0.2, 0.25) is 0 Å². The molecule has 1 aromatic carbocycles. The Morgan fingerprint density at radius 1 is 1.20 bits per heavy atom. The molecule has 1 atom stereocenters. The Morgan fingerprint density at radius 2 is 1.73 bits per heavy atom. The predicted octanol–water partition coefficient (Wildman–Crippen LogP) is 2.09. The van der Waals surface area contributed by atoms with Crippen LogP contribution in [-0.4, -0.2) is 18.8 Å². The van der Waals surface area contributed by atoms with Crippen molar-refractivity contribution in [3.63, 3.8) is 0 Å². The molecule has 1 rings (SSSR count). The first-order valence-electron chi connectivity index (χ1n) is 4.12. The highest BCUT2D eigenvalue weighted by Crippen LogP contribution is 2.24. The summed E-state index contributed by atoms with van der Waals surface area (Å²) in [4.78, 5) is 0. The second-order valence-corrected chi connectivity index (χ2v) is 2.84. The second kappa shape index (κ2) is 4.48. The van der Waals surface area contributed by atoms with Crippen molar-refractivity contribution in [2.24, 2.45) is 5.73 Å². The van der Waals surface area contributed by atoms with Crippen LogP contribution >= 0.6 is 0 Å². The largest absolute Gasteiger partial charge is 0.480 e. The molecule has 0 radical (unpaired) electrons. The summed E-state index contributed by atoms with van der Waals surface area (Å²) < 4.78 is 53.6. The van der Waals surface area contributed by atoms with Gasteiger partial charge >= 0.3 is 6.18 Å². The molecule has 84 valence electrons. The second-order valence-electron chi connectivity index (χ2n) is 2.84. The highest BCUT2D eigenvalue weighted by molar-refractivity contribution is 5.22. The maximum atomic E-state index is 12.4. The van der Waals surface area contributed by atoms with Gasteiger partial charge in [-0.3, -0.25) is 0 Å². The van der Waals surface area contributed by atoms with E-state index in [1.165, 1.54) is 0 Å². The van der Waals surface area contributed by atoms with Crippen LogP contribution in [-0.2, 0) is 0 Å². The minimum atomic E-state index is -4.52. The van der Waals surface area contributed by atoms with Crippen molar-refractivity contribution in [3.8, 4) is 5.75 Å². The lowest BCUT2D eigenvalue weighted by molar-refractivity contribution is -0.191. The Labute approximate surface area is 83.6 Å². The van der Waals surface area contributed by atoms with Gasteiger partial charge < -0.3 is 10.5 Å². The normalized spacial score (nSPS) is 13.7. The molecule has 0 aliphatic carbocycles. The van der Waals surface area contributed by atoms with Crippen molar-refractivity contribution in [2.45, 2.75) is 12.3 Å². The Bertz CT molecular complexity index is 309. The fourth-order valence-electron chi connectivity index (χ4n) is 0.926. The molecule has 0 saturated heterocycles. The average Bonchev–Trinajstić information content (AvgIpc) is 2.15. The van der Waals surface area contributed by atoms with E-state index < -0.39 is 24.6 Å². The molecule has 6 heteroatoms. The molecular weight excluding hydrogens is 214 g/mol. The molecule has 0 amide bonds. The SMILES string of the molecule is NCC(Oc1ccc(F)cc1)C(F)(F)F. The Hall–Kier alpha value is -1.30. The van der Waals surface area contributed by atoms with Crippen molar-refractivity contribution in [3.05, 3.63) is 30.1 Å². The molecular formula is C9H9F4NO. The van der Waals surface area contributed by atoms with Crippen molar-refractivity contribution in [1.29, 1.82) is 0 Å². The van der Waals surface area contributed by atoms with Crippen LogP contribution in [0.3, 0.4) is 0 Å². The maximum absolute atomic E-state index is 12.4. The smallest absolute Gasteiger partial charge is 0.426 e. The van der Waals surface area contributed by atoms with Crippen LogP contribution in [0.25, 0.3) is 0 Å². The molecule has 15 heavy (non-hydrogen) atoms. The zero-order valence-corrected chi connectivity index (χ0v) is 7.59. The summed E-state index contributed by atoms with van der Waals surface area (Å²) in [5, 5.41) is 0. The molecule has 0 heterocycles. The number of halogens is 4. The molecule has 0 aromatic heterocycles. The van der Waals surface area contributed by atoms with Gasteiger partial charge in [-0.15, -0.1) is 0 Å². The van der Waals surface area contributed by atoms with Gasteiger partial charge in [0.15, 0.2) is 0 Å². The molecule has 2 nitrogen and oxygen atoms in total. The summed E-state index contributed by atoms with van der Waals surface area (Å²) in [6.45, 7) is -0.680. The van der Waals surface area contributed by atoms with E-state index in [1.807, 2.05) is 0 Å². The molecule has 0 bridgehead atoms. The minimum Gasteiger partial charge on any atom is -0.480 e. The van der Waals surface area contributed by atoms with E-state index in [9.17, 15) is 17.6 Å². The number of benzene rings is 1. The third kappa shape index (κ3) is 3.39. The van der Waals surface area contributed by atoms with Crippen LogP contribution < -0.4 is 10.5 Å². The van der Waals surface area contributed by atoms with Gasteiger partial charge in [0.2, 0.25) is 6.10 Å². The summed E-state index contributed by atoms with van der Waals surface area (Å²) in [5.41, 5.74) is 4.92. The summed E-state index contributed by atoms with van der Waals surface area (Å²) >= 11 is 0. The number of alkyl halides is 3. The Balaban J connectivity index is 2.71. The van der Waals surface area contributed by atoms with Crippen LogP contribution in [0.4, 0.5) is 17.6 Å². The van der Waals surface area contributed by atoms with Gasteiger partial charge in [0, 0.05) is 6.54 Å². The lowest BCUT2D eigenvalue weighted by Gasteiger charge is -2.19. The number of hydrogen-bond donors (Lipinski definition) is 1. The van der Waals surface area contributed by atoms with Gasteiger partial charge in [-0.25, -0.2) is 4.39 Å². The van der Waals surface area contributed by atoms with E-state index in [2.05, 4.69) is 4.74 Å². The van der Waals surface area contributed by atoms with Crippen LogP contribution in [0.1, 0.15) is 0 Å². The van der Waals surface area contributed by atoms with Gasteiger partial charge in [0.1, 0.15) is 11.6 Å². The standard InChI is InChI=1S/C9H9F4NO/c10-6-1-3-7(4-2-6)15-8(5-14)9(11,12)13/h1-4,8H,5,14H2. The van der Waals surface area contributed by atoms with E-state index in [0.29, 0.717) is 0 Å². The maximum Gasteiger partial charge on any atom is 0.426 e. The Kier molecular flexibility index (Phi) is 3.52. The van der Waals surface area contributed by atoms with E-state index in [-0.39, 0.29) is 5.75 Å². The first kappa shape index (κ1) is 11.8. The van der Waals surface area contributed by atoms with E-state index in [1.54, 1.807) is 0 Å². The molecule has 1 aromatic rings. The van der Waals surface area contributed by atoms with Crippen LogP contribution in [0.5, 0.6) is 5.75 Å². The number of nitrogens with two attached hydrogens (primary N) is 1. The van der Waals surface area contributed by atoms with Gasteiger partial charge in [0.05, 0.1) is 0 Å². The van der Waals surface area contributed by atoms with Crippen molar-refractivity contribution >= 4 is 0 Å². The molecule has 0 saturated carbocycles. The highest BCUT2D eigenvalue weighted by atomic mass is 19.4. The summed E-state index contributed by atoms with van der Waals surface area (Å²) in [7, 11) is 0. The third-order valence-electron chi connectivity index (χ3n) is 1.67. The molecule has 2 N–H and O–H groups in total. The van der Waals surface area contributed by atoms with Crippen molar-refractivity contribution < 1.29 is 22.3 Å². The number of ether oxygens (including phenoxy) is 1. The van der Waals surface area contributed by atoms with Gasteiger partial charge in [-0.1, -0.05) is 0 Å². The zero-order valence-electron chi connectivity index (χ0n) is 7.59.